The number of nitrogens with zero attached hydrogens (tertiary/aromatic N) is 5. The second-order valence-electron chi connectivity index (χ2n) is 9.14. The molecule has 1 aliphatic rings. The molecule has 2 N–H and O–H groups in total. The zero-order valence-corrected chi connectivity index (χ0v) is 19.2. The minimum atomic E-state index is -4.17. The maximum atomic E-state index is 12.7. The van der Waals surface area contributed by atoms with Crippen LogP contribution in [-0.2, 0) is 0 Å². The Morgan fingerprint density at radius 2 is 1.86 bits per heavy atom. The summed E-state index contributed by atoms with van der Waals surface area (Å²) in [4.78, 5) is 9.99. The van der Waals surface area contributed by atoms with Gasteiger partial charge in [-0.15, -0.1) is 0 Å². The van der Waals surface area contributed by atoms with E-state index in [0.29, 0.717) is 43.1 Å². The van der Waals surface area contributed by atoms with Crippen LogP contribution in [0.3, 0.4) is 0 Å². The first-order valence-electron chi connectivity index (χ1n) is 11.7. The van der Waals surface area contributed by atoms with Crippen molar-refractivity contribution in [3.63, 3.8) is 0 Å². The summed E-state index contributed by atoms with van der Waals surface area (Å²) in [5, 5.41) is 7.37. The Morgan fingerprint density at radius 1 is 1.03 bits per heavy atom. The number of aromatic nitrogens is 4. The molecular formula is C26H23F3N6O. The van der Waals surface area contributed by atoms with Crippen LogP contribution in [0.15, 0.2) is 65.7 Å². The number of nitrogen functional groups attached to an aromatic ring is 1. The first-order valence-corrected chi connectivity index (χ1v) is 11.7. The van der Waals surface area contributed by atoms with Gasteiger partial charge >= 0.3 is 6.18 Å². The maximum Gasteiger partial charge on any atom is 0.401 e. The predicted octanol–water partition coefficient (Wildman–Crippen LogP) is 5.69. The van der Waals surface area contributed by atoms with Crippen LogP contribution >= 0.6 is 0 Å². The number of hydrogen-bond acceptors (Lipinski definition) is 6. The quantitative estimate of drug-likeness (QED) is 0.347. The van der Waals surface area contributed by atoms with Crippen LogP contribution in [0.4, 0.5) is 19.0 Å². The van der Waals surface area contributed by atoms with E-state index in [4.69, 9.17) is 10.2 Å². The Kier molecular flexibility index (Phi) is 5.40. The summed E-state index contributed by atoms with van der Waals surface area (Å²) in [6.07, 6.45) is 5.99. The van der Waals surface area contributed by atoms with Crippen LogP contribution in [0.2, 0.25) is 0 Å². The molecule has 1 fully saturated rings. The van der Waals surface area contributed by atoms with E-state index in [1.165, 1.54) is 4.90 Å². The Balaban J connectivity index is 1.31. The zero-order valence-electron chi connectivity index (χ0n) is 19.2. The maximum absolute atomic E-state index is 12.7. The fourth-order valence-electron chi connectivity index (χ4n) is 5.02. The number of likely N-dealkylation sites (tertiary alicyclic amines) is 1. The van der Waals surface area contributed by atoms with Crippen molar-refractivity contribution in [3.8, 4) is 22.5 Å². The minimum Gasteiger partial charge on any atom is -0.452 e. The molecule has 1 saturated heterocycles. The van der Waals surface area contributed by atoms with Crippen molar-refractivity contribution in [1.82, 2.24) is 24.6 Å². The highest BCUT2D eigenvalue weighted by Gasteiger charge is 2.33. The predicted molar refractivity (Wildman–Crippen MR) is 131 cm³/mol. The second kappa shape index (κ2) is 8.63. The largest absolute Gasteiger partial charge is 0.452 e. The molecule has 36 heavy (non-hydrogen) atoms. The van der Waals surface area contributed by atoms with Crippen LogP contribution in [0.1, 0.15) is 18.9 Å². The van der Waals surface area contributed by atoms with Gasteiger partial charge in [-0.1, -0.05) is 18.2 Å². The topological polar surface area (TPSA) is 86.0 Å². The fraction of sp³-hybridized carbons (Fsp3) is 0.269. The standard InChI is InChI=1S/C26H23F3N6O/c27-26(28,29)15-34-8-5-18(6-9-34)35-14-17(12-33-35)22-13-32-25(30)24-21(22)10-23(36-24)20-3-1-2-16-11-31-7-4-19(16)20/h1-4,7,10-14,18H,5-6,8-9,15H2,(H2,30,32). The number of alkyl halides is 3. The molecule has 10 heteroatoms. The average molecular weight is 493 g/mol. The lowest BCUT2D eigenvalue weighted by atomic mass is 10.0. The Morgan fingerprint density at radius 3 is 2.67 bits per heavy atom. The van der Waals surface area contributed by atoms with E-state index in [1.54, 1.807) is 18.6 Å². The van der Waals surface area contributed by atoms with Crippen molar-refractivity contribution in [2.24, 2.45) is 0 Å². The molecule has 0 saturated carbocycles. The van der Waals surface area contributed by atoms with Gasteiger partial charge in [-0.3, -0.25) is 14.6 Å². The zero-order chi connectivity index (χ0) is 24.9. The lowest BCUT2D eigenvalue weighted by molar-refractivity contribution is -0.148. The minimum absolute atomic E-state index is 0.0460. The lowest BCUT2D eigenvalue weighted by Gasteiger charge is -2.32. The molecule has 5 aromatic rings. The number of hydrogen-bond donors (Lipinski definition) is 1. The normalized spacial score (nSPS) is 15.8. The summed E-state index contributed by atoms with van der Waals surface area (Å²) in [6, 6.07) is 9.91. The molecule has 0 aliphatic carbocycles. The first kappa shape index (κ1) is 22.5. The molecule has 184 valence electrons. The summed E-state index contributed by atoms with van der Waals surface area (Å²) in [5.74, 6) is 0.971. The smallest absolute Gasteiger partial charge is 0.401 e. The van der Waals surface area contributed by atoms with Crippen molar-refractivity contribution in [3.05, 3.63) is 61.3 Å². The number of rotatable bonds is 4. The van der Waals surface area contributed by atoms with Crippen LogP contribution in [0.25, 0.3) is 44.2 Å². The van der Waals surface area contributed by atoms with Gasteiger partial charge < -0.3 is 10.2 Å². The molecule has 6 rings (SSSR count). The van der Waals surface area contributed by atoms with Gasteiger partial charge in [0.25, 0.3) is 0 Å². The Hall–Kier alpha value is -3.92. The molecule has 1 aliphatic heterocycles. The van der Waals surface area contributed by atoms with Gasteiger partial charge in [-0.05, 0) is 30.4 Å². The molecule has 0 spiro atoms. The highest BCUT2D eigenvalue weighted by molar-refractivity contribution is 6.03. The number of pyridine rings is 2. The number of anilines is 1. The van der Waals surface area contributed by atoms with Gasteiger partial charge in [0, 0.05) is 65.3 Å². The average Bonchev–Trinajstić information content (AvgIpc) is 3.52. The van der Waals surface area contributed by atoms with Gasteiger partial charge in [0.2, 0.25) is 0 Å². The van der Waals surface area contributed by atoms with E-state index in [2.05, 4.69) is 15.1 Å². The fourth-order valence-corrected chi connectivity index (χ4v) is 5.02. The van der Waals surface area contributed by atoms with Gasteiger partial charge in [-0.25, -0.2) is 4.98 Å². The molecule has 0 unspecified atom stereocenters. The van der Waals surface area contributed by atoms with Gasteiger partial charge in [0.05, 0.1) is 18.8 Å². The summed E-state index contributed by atoms with van der Waals surface area (Å²) in [7, 11) is 0. The molecule has 0 amide bonds. The summed E-state index contributed by atoms with van der Waals surface area (Å²) in [5.41, 5.74) is 9.27. The third-order valence-corrected chi connectivity index (χ3v) is 6.78. The van der Waals surface area contributed by atoms with Crippen LogP contribution in [0, 0.1) is 0 Å². The van der Waals surface area contributed by atoms with Crippen LogP contribution in [0.5, 0.6) is 0 Å². The van der Waals surface area contributed by atoms with E-state index in [9.17, 15) is 13.2 Å². The third kappa shape index (κ3) is 4.17. The van der Waals surface area contributed by atoms with E-state index in [0.717, 1.165) is 32.8 Å². The molecule has 1 aromatic carbocycles. The SMILES string of the molecule is Nc1ncc(-c2cnn(C3CCN(CC(F)(F)F)CC3)c2)c2cc(-c3cccc4cnccc34)oc12. The lowest BCUT2D eigenvalue weighted by Crippen LogP contribution is -2.40. The van der Waals surface area contributed by atoms with Crippen LogP contribution < -0.4 is 5.73 Å². The monoisotopic (exact) mass is 492 g/mol. The summed E-state index contributed by atoms with van der Waals surface area (Å²) < 4.78 is 46.2. The number of furan rings is 1. The van der Waals surface area contributed by atoms with E-state index >= 15 is 0 Å². The molecular weight excluding hydrogens is 469 g/mol. The second-order valence-corrected chi connectivity index (χ2v) is 9.14. The van der Waals surface area contributed by atoms with Crippen LogP contribution in [-0.4, -0.2) is 50.5 Å². The first-order chi connectivity index (χ1) is 17.4. The molecule has 5 heterocycles. The van der Waals surface area contributed by atoms with Crippen molar-refractivity contribution >= 4 is 27.6 Å². The Labute approximate surface area is 204 Å². The number of fused-ring (bicyclic) bond motifs is 2. The molecule has 4 aromatic heterocycles. The van der Waals surface area contributed by atoms with Gasteiger partial charge in [0.15, 0.2) is 11.4 Å². The third-order valence-electron chi connectivity index (χ3n) is 6.78. The van der Waals surface area contributed by atoms with E-state index in [1.807, 2.05) is 47.4 Å². The summed E-state index contributed by atoms with van der Waals surface area (Å²) >= 11 is 0. The summed E-state index contributed by atoms with van der Waals surface area (Å²) in [6.45, 7) is -0.0907. The molecule has 0 bridgehead atoms. The van der Waals surface area contributed by atoms with Crippen molar-refractivity contribution in [2.75, 3.05) is 25.4 Å². The van der Waals surface area contributed by atoms with E-state index in [-0.39, 0.29) is 6.04 Å². The van der Waals surface area contributed by atoms with Gasteiger partial charge in [0.1, 0.15) is 5.76 Å². The number of piperidine rings is 1. The molecule has 7 nitrogen and oxygen atoms in total. The highest BCUT2D eigenvalue weighted by atomic mass is 19.4. The number of benzene rings is 1. The highest BCUT2D eigenvalue weighted by Crippen LogP contribution is 2.38. The van der Waals surface area contributed by atoms with Crippen molar-refractivity contribution in [2.45, 2.75) is 25.1 Å². The molecule has 0 radical (unpaired) electrons. The van der Waals surface area contributed by atoms with E-state index < -0.39 is 12.7 Å². The van der Waals surface area contributed by atoms with Crippen molar-refractivity contribution < 1.29 is 17.6 Å². The van der Waals surface area contributed by atoms with Crippen molar-refractivity contribution in [1.29, 1.82) is 0 Å². The Bertz CT molecular complexity index is 1540. The molecule has 0 atom stereocenters. The number of halogens is 3. The van der Waals surface area contributed by atoms with Gasteiger partial charge in [-0.2, -0.15) is 18.3 Å². The number of nitrogens with two attached hydrogens (primary N) is 1.